The van der Waals surface area contributed by atoms with Crippen molar-refractivity contribution in [3.63, 3.8) is 0 Å². The SMILES string of the molecule is Cc1ccc(Br)n1CC1CC1. The first-order valence-electron chi connectivity index (χ1n) is 4.09. The molecule has 1 saturated carbocycles. The molecule has 0 aromatic carbocycles. The van der Waals surface area contributed by atoms with Crippen molar-refractivity contribution in [2.75, 3.05) is 0 Å². The highest BCUT2D eigenvalue weighted by Crippen LogP contribution is 2.32. The fourth-order valence-electron chi connectivity index (χ4n) is 1.33. The molecule has 0 amide bonds. The van der Waals surface area contributed by atoms with Gasteiger partial charge in [-0.25, -0.2) is 0 Å². The van der Waals surface area contributed by atoms with Crippen molar-refractivity contribution in [1.82, 2.24) is 4.57 Å². The lowest BCUT2D eigenvalue weighted by Gasteiger charge is -2.05. The zero-order valence-electron chi connectivity index (χ0n) is 6.68. The van der Waals surface area contributed by atoms with Crippen LogP contribution in [0.25, 0.3) is 0 Å². The van der Waals surface area contributed by atoms with E-state index in [1.165, 1.54) is 29.7 Å². The van der Waals surface area contributed by atoms with Crippen LogP contribution < -0.4 is 0 Å². The third-order valence-electron chi connectivity index (χ3n) is 2.28. The highest BCUT2D eigenvalue weighted by Gasteiger charge is 2.22. The minimum atomic E-state index is 0.956. The van der Waals surface area contributed by atoms with Gasteiger partial charge in [0.1, 0.15) is 0 Å². The average Bonchev–Trinajstić information content (AvgIpc) is 2.73. The first kappa shape index (κ1) is 7.41. The zero-order valence-corrected chi connectivity index (χ0v) is 8.26. The lowest BCUT2D eigenvalue weighted by atomic mass is 10.4. The molecule has 0 unspecified atom stereocenters. The summed E-state index contributed by atoms with van der Waals surface area (Å²) in [5.41, 5.74) is 1.36. The number of rotatable bonds is 2. The van der Waals surface area contributed by atoms with E-state index >= 15 is 0 Å². The van der Waals surface area contributed by atoms with Crippen LogP contribution in [0.3, 0.4) is 0 Å². The minimum Gasteiger partial charge on any atom is -0.339 e. The van der Waals surface area contributed by atoms with E-state index in [4.69, 9.17) is 0 Å². The van der Waals surface area contributed by atoms with Crippen LogP contribution in [0.2, 0.25) is 0 Å². The second-order valence-electron chi connectivity index (χ2n) is 3.35. The number of halogens is 1. The second kappa shape index (κ2) is 2.67. The third-order valence-corrected chi connectivity index (χ3v) is 2.98. The topological polar surface area (TPSA) is 4.93 Å². The lowest BCUT2D eigenvalue weighted by molar-refractivity contribution is 0.606. The molecular weight excluding hydrogens is 202 g/mol. The summed E-state index contributed by atoms with van der Waals surface area (Å²) < 4.78 is 3.57. The van der Waals surface area contributed by atoms with Crippen molar-refractivity contribution in [1.29, 1.82) is 0 Å². The Balaban J connectivity index is 2.19. The standard InChI is InChI=1S/C9H12BrN/c1-7-2-5-9(10)11(7)6-8-3-4-8/h2,5,8H,3-4,6H2,1H3. The minimum absolute atomic E-state index is 0.956. The van der Waals surface area contributed by atoms with Crippen LogP contribution in [0.4, 0.5) is 0 Å². The fraction of sp³-hybridized carbons (Fsp3) is 0.556. The van der Waals surface area contributed by atoms with Gasteiger partial charge in [0, 0.05) is 12.2 Å². The molecule has 0 saturated heterocycles. The van der Waals surface area contributed by atoms with Gasteiger partial charge in [-0.3, -0.25) is 0 Å². The molecule has 0 spiro atoms. The van der Waals surface area contributed by atoms with E-state index in [2.05, 4.69) is 39.6 Å². The maximum atomic E-state index is 3.54. The molecule has 1 heterocycles. The van der Waals surface area contributed by atoms with Crippen molar-refractivity contribution < 1.29 is 0 Å². The predicted molar refractivity (Wildman–Crippen MR) is 49.6 cm³/mol. The van der Waals surface area contributed by atoms with E-state index in [9.17, 15) is 0 Å². The number of nitrogens with zero attached hydrogens (tertiary/aromatic N) is 1. The van der Waals surface area contributed by atoms with E-state index in [1.54, 1.807) is 0 Å². The Labute approximate surface area is 75.5 Å². The van der Waals surface area contributed by atoms with E-state index in [-0.39, 0.29) is 0 Å². The summed E-state index contributed by atoms with van der Waals surface area (Å²) in [6.45, 7) is 3.37. The van der Waals surface area contributed by atoms with Crippen molar-refractivity contribution in [2.24, 2.45) is 5.92 Å². The van der Waals surface area contributed by atoms with Crippen LogP contribution in [-0.2, 0) is 6.54 Å². The molecule has 1 aliphatic rings. The highest BCUT2D eigenvalue weighted by molar-refractivity contribution is 9.10. The normalized spacial score (nSPS) is 17.3. The van der Waals surface area contributed by atoms with Crippen LogP contribution in [-0.4, -0.2) is 4.57 Å². The van der Waals surface area contributed by atoms with E-state index < -0.39 is 0 Å². The molecule has 1 fully saturated rings. The van der Waals surface area contributed by atoms with Gasteiger partial charge >= 0.3 is 0 Å². The molecule has 2 rings (SSSR count). The highest BCUT2D eigenvalue weighted by atomic mass is 79.9. The van der Waals surface area contributed by atoms with E-state index in [0.29, 0.717) is 0 Å². The maximum Gasteiger partial charge on any atom is 0.0848 e. The summed E-state index contributed by atoms with van der Waals surface area (Å²) in [7, 11) is 0. The molecular formula is C9H12BrN. The predicted octanol–water partition coefficient (Wildman–Crippen LogP) is 2.97. The van der Waals surface area contributed by atoms with E-state index in [0.717, 1.165) is 5.92 Å². The quantitative estimate of drug-likeness (QED) is 0.713. The Morgan fingerprint density at radius 3 is 2.73 bits per heavy atom. The first-order valence-corrected chi connectivity index (χ1v) is 4.88. The van der Waals surface area contributed by atoms with Gasteiger partial charge in [-0.2, -0.15) is 0 Å². The van der Waals surface area contributed by atoms with Crippen LogP contribution in [0.5, 0.6) is 0 Å². The van der Waals surface area contributed by atoms with Crippen LogP contribution >= 0.6 is 15.9 Å². The number of aryl methyl sites for hydroxylation is 1. The number of hydrogen-bond acceptors (Lipinski definition) is 0. The van der Waals surface area contributed by atoms with Gasteiger partial charge in [0.2, 0.25) is 0 Å². The van der Waals surface area contributed by atoms with Crippen molar-refractivity contribution in [2.45, 2.75) is 26.3 Å². The van der Waals surface area contributed by atoms with Crippen LogP contribution in [0.15, 0.2) is 16.7 Å². The second-order valence-corrected chi connectivity index (χ2v) is 4.16. The van der Waals surface area contributed by atoms with Gasteiger partial charge in [-0.1, -0.05) is 0 Å². The molecule has 2 heteroatoms. The van der Waals surface area contributed by atoms with Crippen molar-refractivity contribution in [3.8, 4) is 0 Å². The van der Waals surface area contributed by atoms with Crippen molar-refractivity contribution in [3.05, 3.63) is 22.4 Å². The summed E-state index contributed by atoms with van der Waals surface area (Å²) in [5.74, 6) is 0.956. The maximum absolute atomic E-state index is 3.54. The molecule has 1 aliphatic carbocycles. The molecule has 1 nitrogen and oxygen atoms in total. The summed E-state index contributed by atoms with van der Waals surface area (Å²) in [6.07, 6.45) is 2.84. The summed E-state index contributed by atoms with van der Waals surface area (Å²) in [4.78, 5) is 0. The number of aromatic nitrogens is 1. The molecule has 1 aromatic rings. The molecule has 60 valence electrons. The summed E-state index contributed by atoms with van der Waals surface area (Å²) in [6, 6.07) is 4.28. The van der Waals surface area contributed by atoms with Gasteiger partial charge in [0.25, 0.3) is 0 Å². The van der Waals surface area contributed by atoms with E-state index in [1.807, 2.05) is 0 Å². The molecule has 0 aliphatic heterocycles. The monoisotopic (exact) mass is 213 g/mol. The first-order chi connectivity index (χ1) is 5.27. The molecule has 0 atom stereocenters. The molecule has 0 bridgehead atoms. The lowest BCUT2D eigenvalue weighted by Crippen LogP contribution is -2.01. The molecule has 0 N–H and O–H groups in total. The van der Waals surface area contributed by atoms with Crippen LogP contribution in [0, 0.1) is 12.8 Å². The Morgan fingerprint density at radius 1 is 1.55 bits per heavy atom. The van der Waals surface area contributed by atoms with Gasteiger partial charge < -0.3 is 4.57 Å². The Kier molecular flexibility index (Phi) is 1.80. The summed E-state index contributed by atoms with van der Waals surface area (Å²) >= 11 is 3.54. The number of hydrogen-bond donors (Lipinski definition) is 0. The third kappa shape index (κ3) is 1.51. The Hall–Kier alpha value is -0.240. The van der Waals surface area contributed by atoms with Gasteiger partial charge in [-0.05, 0) is 53.7 Å². The largest absolute Gasteiger partial charge is 0.339 e. The Morgan fingerprint density at radius 2 is 2.27 bits per heavy atom. The molecule has 1 aromatic heterocycles. The Bertz CT molecular complexity index is 241. The average molecular weight is 214 g/mol. The van der Waals surface area contributed by atoms with Crippen molar-refractivity contribution >= 4 is 15.9 Å². The zero-order chi connectivity index (χ0) is 7.84. The molecule has 0 radical (unpaired) electrons. The van der Waals surface area contributed by atoms with Crippen LogP contribution in [0.1, 0.15) is 18.5 Å². The summed E-state index contributed by atoms with van der Waals surface area (Å²) in [5, 5.41) is 0. The van der Waals surface area contributed by atoms with Gasteiger partial charge in [-0.15, -0.1) is 0 Å². The molecule has 11 heavy (non-hydrogen) atoms. The smallest absolute Gasteiger partial charge is 0.0848 e. The van der Waals surface area contributed by atoms with Gasteiger partial charge in [0.05, 0.1) is 4.60 Å². The van der Waals surface area contributed by atoms with Gasteiger partial charge in [0.15, 0.2) is 0 Å². The fourth-order valence-corrected chi connectivity index (χ4v) is 1.88.